The molecule has 2 aromatic rings. The fraction of sp³-hybridized carbons (Fsp3) is 0.273. The van der Waals surface area contributed by atoms with Crippen molar-refractivity contribution in [2.75, 3.05) is 12.0 Å². The minimum atomic E-state index is -0.236. The van der Waals surface area contributed by atoms with Crippen molar-refractivity contribution >= 4 is 11.6 Å². The lowest BCUT2D eigenvalue weighted by Gasteiger charge is -2.09. The number of nitrogen functional groups attached to an aromatic ring is 1. The normalized spacial score (nSPS) is 10.2. The van der Waals surface area contributed by atoms with Gasteiger partial charge in [0.25, 0.3) is 5.91 Å². The van der Waals surface area contributed by atoms with Gasteiger partial charge in [-0.25, -0.2) is 0 Å². The molecule has 0 saturated carbocycles. The van der Waals surface area contributed by atoms with Crippen LogP contribution >= 0.6 is 0 Å². The summed E-state index contributed by atoms with van der Waals surface area (Å²) in [6.45, 7) is 2.82. The van der Waals surface area contributed by atoms with Crippen molar-refractivity contribution in [3.05, 3.63) is 35.9 Å². The fourth-order valence-corrected chi connectivity index (χ4v) is 1.59. The SMILES string of the molecule is Cc1cc(NN)c(C(=O)NCCn2ccnn2)cn1. The van der Waals surface area contributed by atoms with Crippen LogP contribution in [0, 0.1) is 6.92 Å². The molecule has 4 N–H and O–H groups in total. The zero-order chi connectivity index (χ0) is 13.7. The molecule has 0 aliphatic rings. The maximum Gasteiger partial charge on any atom is 0.255 e. The number of nitrogens with zero attached hydrogens (tertiary/aromatic N) is 4. The first-order valence-corrected chi connectivity index (χ1v) is 5.76. The molecular formula is C11H15N7O. The molecule has 0 aromatic carbocycles. The zero-order valence-electron chi connectivity index (χ0n) is 10.5. The largest absolute Gasteiger partial charge is 0.350 e. The molecule has 8 heteroatoms. The lowest BCUT2D eigenvalue weighted by atomic mass is 10.2. The van der Waals surface area contributed by atoms with Gasteiger partial charge < -0.3 is 10.7 Å². The summed E-state index contributed by atoms with van der Waals surface area (Å²) in [6, 6.07) is 1.71. The average Bonchev–Trinajstić information content (AvgIpc) is 2.91. The summed E-state index contributed by atoms with van der Waals surface area (Å²) in [5, 5.41) is 10.2. The van der Waals surface area contributed by atoms with Crippen LogP contribution in [0.4, 0.5) is 5.69 Å². The van der Waals surface area contributed by atoms with Gasteiger partial charge in [-0.2, -0.15) is 0 Å². The second kappa shape index (κ2) is 5.91. The fourth-order valence-electron chi connectivity index (χ4n) is 1.59. The minimum Gasteiger partial charge on any atom is -0.350 e. The number of hydrogen-bond donors (Lipinski definition) is 3. The van der Waals surface area contributed by atoms with E-state index in [2.05, 4.69) is 26.0 Å². The molecule has 100 valence electrons. The molecule has 8 nitrogen and oxygen atoms in total. The van der Waals surface area contributed by atoms with Gasteiger partial charge in [0.15, 0.2) is 0 Å². The van der Waals surface area contributed by atoms with Crippen LogP contribution in [0.3, 0.4) is 0 Å². The number of amides is 1. The summed E-state index contributed by atoms with van der Waals surface area (Å²) >= 11 is 0. The summed E-state index contributed by atoms with van der Waals surface area (Å²) in [4.78, 5) is 16.1. The highest BCUT2D eigenvalue weighted by atomic mass is 16.1. The van der Waals surface area contributed by atoms with Crippen molar-refractivity contribution in [3.63, 3.8) is 0 Å². The molecule has 0 fully saturated rings. The van der Waals surface area contributed by atoms with E-state index in [1.165, 1.54) is 6.20 Å². The number of pyridine rings is 1. The van der Waals surface area contributed by atoms with E-state index in [0.29, 0.717) is 24.3 Å². The van der Waals surface area contributed by atoms with Crippen molar-refractivity contribution in [1.82, 2.24) is 25.3 Å². The van der Waals surface area contributed by atoms with Gasteiger partial charge in [-0.3, -0.25) is 20.3 Å². The highest BCUT2D eigenvalue weighted by Gasteiger charge is 2.11. The lowest BCUT2D eigenvalue weighted by Crippen LogP contribution is -2.28. The van der Waals surface area contributed by atoms with Crippen molar-refractivity contribution in [3.8, 4) is 0 Å². The van der Waals surface area contributed by atoms with Gasteiger partial charge in [-0.15, -0.1) is 5.10 Å². The third-order valence-corrected chi connectivity index (χ3v) is 2.54. The van der Waals surface area contributed by atoms with E-state index in [1.807, 2.05) is 6.92 Å². The number of hydrazine groups is 1. The summed E-state index contributed by atoms with van der Waals surface area (Å²) in [5.74, 6) is 5.15. The first kappa shape index (κ1) is 13.0. The summed E-state index contributed by atoms with van der Waals surface area (Å²) in [5.41, 5.74) is 4.23. The van der Waals surface area contributed by atoms with E-state index < -0.39 is 0 Å². The van der Waals surface area contributed by atoms with E-state index in [-0.39, 0.29) is 5.91 Å². The van der Waals surface area contributed by atoms with E-state index in [9.17, 15) is 4.79 Å². The quantitative estimate of drug-likeness (QED) is 0.503. The maximum absolute atomic E-state index is 12.0. The Balaban J connectivity index is 1.96. The van der Waals surface area contributed by atoms with Crippen LogP contribution in [0.25, 0.3) is 0 Å². The van der Waals surface area contributed by atoms with E-state index >= 15 is 0 Å². The van der Waals surface area contributed by atoms with Crippen LogP contribution in [0.5, 0.6) is 0 Å². The molecule has 0 saturated heterocycles. The predicted molar refractivity (Wildman–Crippen MR) is 69.1 cm³/mol. The Kier molecular flexibility index (Phi) is 4.04. The molecule has 2 heterocycles. The Bertz CT molecular complexity index is 552. The molecule has 0 spiro atoms. The van der Waals surface area contributed by atoms with Crippen LogP contribution in [-0.2, 0) is 6.54 Å². The number of carbonyl (C=O) groups is 1. The van der Waals surface area contributed by atoms with Crippen molar-refractivity contribution in [2.45, 2.75) is 13.5 Å². The van der Waals surface area contributed by atoms with Gasteiger partial charge in [0, 0.05) is 24.6 Å². The van der Waals surface area contributed by atoms with Crippen LogP contribution in [0.15, 0.2) is 24.7 Å². The molecule has 2 rings (SSSR count). The summed E-state index contributed by atoms with van der Waals surface area (Å²) < 4.78 is 1.63. The molecule has 0 aliphatic heterocycles. The molecule has 0 radical (unpaired) electrons. The molecule has 0 unspecified atom stereocenters. The third kappa shape index (κ3) is 3.26. The molecule has 1 amide bonds. The average molecular weight is 261 g/mol. The Morgan fingerprint density at radius 1 is 1.53 bits per heavy atom. The lowest BCUT2D eigenvalue weighted by molar-refractivity contribution is 0.0952. The minimum absolute atomic E-state index is 0.236. The highest BCUT2D eigenvalue weighted by Crippen LogP contribution is 2.13. The first-order chi connectivity index (χ1) is 9.20. The molecular weight excluding hydrogens is 246 g/mol. The van der Waals surface area contributed by atoms with Gasteiger partial charge in [0.1, 0.15) is 0 Å². The zero-order valence-corrected chi connectivity index (χ0v) is 10.5. The number of aryl methyl sites for hydroxylation is 1. The Hall–Kier alpha value is -2.48. The second-order valence-electron chi connectivity index (χ2n) is 3.94. The van der Waals surface area contributed by atoms with Gasteiger partial charge in [-0.05, 0) is 13.0 Å². The van der Waals surface area contributed by atoms with Crippen molar-refractivity contribution in [1.29, 1.82) is 0 Å². The molecule has 2 aromatic heterocycles. The highest BCUT2D eigenvalue weighted by molar-refractivity contribution is 5.99. The molecule has 0 bridgehead atoms. The van der Waals surface area contributed by atoms with Gasteiger partial charge in [0.2, 0.25) is 0 Å². The molecule has 0 atom stereocenters. The number of anilines is 1. The maximum atomic E-state index is 12.0. The first-order valence-electron chi connectivity index (χ1n) is 5.76. The van der Waals surface area contributed by atoms with E-state index in [0.717, 1.165) is 5.69 Å². The standard InChI is InChI=1S/C11H15N7O/c1-8-6-10(16-12)9(7-14-8)11(19)13-2-4-18-5-3-15-17-18/h3,5-7H,2,4,12H2,1H3,(H,13,19)(H,14,16). The summed E-state index contributed by atoms with van der Waals surface area (Å²) in [6.07, 6.45) is 4.81. The van der Waals surface area contributed by atoms with E-state index in [1.54, 1.807) is 23.1 Å². The van der Waals surface area contributed by atoms with Gasteiger partial charge >= 0.3 is 0 Å². The Morgan fingerprint density at radius 2 is 2.37 bits per heavy atom. The monoisotopic (exact) mass is 261 g/mol. The Labute approximate surface area is 110 Å². The van der Waals surface area contributed by atoms with Crippen LogP contribution in [0.1, 0.15) is 16.1 Å². The number of aromatic nitrogens is 4. The molecule has 0 aliphatic carbocycles. The van der Waals surface area contributed by atoms with Gasteiger partial charge in [0.05, 0.1) is 24.0 Å². The number of nitrogens with one attached hydrogen (secondary N) is 2. The number of rotatable bonds is 5. The second-order valence-corrected chi connectivity index (χ2v) is 3.94. The Morgan fingerprint density at radius 3 is 3.05 bits per heavy atom. The van der Waals surface area contributed by atoms with Crippen LogP contribution in [0.2, 0.25) is 0 Å². The van der Waals surface area contributed by atoms with E-state index in [4.69, 9.17) is 5.84 Å². The number of carbonyl (C=O) groups excluding carboxylic acids is 1. The number of nitrogens with two attached hydrogens (primary N) is 1. The molecule has 19 heavy (non-hydrogen) atoms. The topological polar surface area (TPSA) is 111 Å². The number of hydrogen-bond acceptors (Lipinski definition) is 6. The third-order valence-electron chi connectivity index (χ3n) is 2.54. The summed E-state index contributed by atoms with van der Waals surface area (Å²) in [7, 11) is 0. The van der Waals surface area contributed by atoms with Crippen molar-refractivity contribution < 1.29 is 4.79 Å². The smallest absolute Gasteiger partial charge is 0.255 e. The van der Waals surface area contributed by atoms with Crippen LogP contribution < -0.4 is 16.6 Å². The predicted octanol–water partition coefficient (Wildman–Crippen LogP) is -0.303. The van der Waals surface area contributed by atoms with Crippen LogP contribution in [-0.4, -0.2) is 32.4 Å². The van der Waals surface area contributed by atoms with Crippen molar-refractivity contribution in [2.24, 2.45) is 5.84 Å². The van der Waals surface area contributed by atoms with Gasteiger partial charge in [-0.1, -0.05) is 5.21 Å².